The van der Waals surface area contributed by atoms with E-state index in [0.29, 0.717) is 11.8 Å². The molecule has 4 atom stereocenters. The van der Waals surface area contributed by atoms with Crippen molar-refractivity contribution in [3.63, 3.8) is 0 Å². The van der Waals surface area contributed by atoms with E-state index in [0.717, 1.165) is 31.4 Å². The van der Waals surface area contributed by atoms with E-state index in [1.165, 1.54) is 6.07 Å². The van der Waals surface area contributed by atoms with E-state index in [2.05, 4.69) is 13.8 Å². The Kier molecular flexibility index (Phi) is 5.09. The predicted octanol–water partition coefficient (Wildman–Crippen LogP) is 4.38. The highest BCUT2D eigenvalue weighted by molar-refractivity contribution is 5.99. The minimum atomic E-state index is -0.832. The number of hydrogen-bond donors (Lipinski definition) is 0. The fraction of sp³-hybridized carbons (Fsp3) is 0.588. The summed E-state index contributed by atoms with van der Waals surface area (Å²) in [5.41, 5.74) is -0.110. The van der Waals surface area contributed by atoms with Gasteiger partial charge in [-0.05, 0) is 50.2 Å². The van der Waals surface area contributed by atoms with Gasteiger partial charge in [0, 0.05) is 6.07 Å². The molecule has 1 aromatic carbocycles. The Morgan fingerprint density at radius 3 is 2.57 bits per heavy atom. The van der Waals surface area contributed by atoms with Gasteiger partial charge in [-0.15, -0.1) is 0 Å². The summed E-state index contributed by atoms with van der Waals surface area (Å²) >= 11 is 0. The molecular weight excluding hydrogens is 274 g/mol. The van der Waals surface area contributed by atoms with Gasteiger partial charge in [-0.3, -0.25) is 4.79 Å². The van der Waals surface area contributed by atoms with Crippen molar-refractivity contribution in [3.8, 4) is 0 Å². The third kappa shape index (κ3) is 3.88. The highest BCUT2D eigenvalue weighted by Crippen LogP contribution is 2.31. The summed E-state index contributed by atoms with van der Waals surface area (Å²) in [4.78, 5) is 12.2. The van der Waals surface area contributed by atoms with E-state index in [9.17, 15) is 13.6 Å². The molecule has 2 nitrogen and oxygen atoms in total. The van der Waals surface area contributed by atoms with Crippen LogP contribution in [0.2, 0.25) is 0 Å². The number of ketones is 1. The van der Waals surface area contributed by atoms with Crippen molar-refractivity contribution in [2.45, 2.75) is 52.2 Å². The smallest absolute Gasteiger partial charge is 0.194 e. The number of hydrogen-bond acceptors (Lipinski definition) is 2. The lowest BCUT2D eigenvalue weighted by atomic mass is 9.80. The second-order valence-corrected chi connectivity index (χ2v) is 6.16. The van der Waals surface area contributed by atoms with Crippen molar-refractivity contribution < 1.29 is 18.3 Å². The van der Waals surface area contributed by atoms with Gasteiger partial charge < -0.3 is 4.74 Å². The van der Waals surface area contributed by atoms with Gasteiger partial charge in [0.2, 0.25) is 0 Å². The molecule has 21 heavy (non-hydrogen) atoms. The molecule has 4 heteroatoms. The minimum Gasteiger partial charge on any atom is -0.367 e. The Balaban J connectivity index is 1.99. The van der Waals surface area contributed by atoms with Crippen molar-refractivity contribution in [1.82, 2.24) is 0 Å². The van der Waals surface area contributed by atoms with Crippen LogP contribution in [-0.4, -0.2) is 18.0 Å². The minimum absolute atomic E-state index is 0.0404. The van der Waals surface area contributed by atoms with Crippen LogP contribution < -0.4 is 0 Å². The Hall–Kier alpha value is -1.29. The molecule has 2 rings (SSSR count). The Morgan fingerprint density at radius 2 is 1.95 bits per heavy atom. The molecule has 1 aromatic rings. The van der Waals surface area contributed by atoms with E-state index in [4.69, 9.17) is 4.74 Å². The summed E-state index contributed by atoms with van der Waals surface area (Å²) in [7, 11) is 0. The van der Waals surface area contributed by atoms with Crippen molar-refractivity contribution in [1.29, 1.82) is 0 Å². The molecule has 0 aromatic heterocycles. The number of ether oxygens (including phenoxy) is 1. The molecule has 1 fully saturated rings. The normalized spacial score (nSPS) is 27.4. The average Bonchev–Trinajstić information content (AvgIpc) is 2.42. The van der Waals surface area contributed by atoms with Crippen LogP contribution in [0.15, 0.2) is 18.2 Å². The van der Waals surface area contributed by atoms with Gasteiger partial charge in [-0.25, -0.2) is 8.78 Å². The first kappa shape index (κ1) is 16.1. The molecule has 4 unspecified atom stereocenters. The largest absolute Gasteiger partial charge is 0.367 e. The van der Waals surface area contributed by atoms with Gasteiger partial charge in [0.25, 0.3) is 0 Å². The van der Waals surface area contributed by atoms with Crippen molar-refractivity contribution in [2.75, 3.05) is 0 Å². The molecule has 0 heterocycles. The zero-order valence-electron chi connectivity index (χ0n) is 12.7. The van der Waals surface area contributed by atoms with Gasteiger partial charge in [-0.2, -0.15) is 0 Å². The molecule has 0 amide bonds. The van der Waals surface area contributed by atoms with E-state index in [1.54, 1.807) is 6.92 Å². The first-order chi connectivity index (χ1) is 9.88. The average molecular weight is 296 g/mol. The summed E-state index contributed by atoms with van der Waals surface area (Å²) in [6, 6.07) is 3.00. The van der Waals surface area contributed by atoms with Gasteiger partial charge in [0.15, 0.2) is 5.78 Å². The first-order valence-electron chi connectivity index (χ1n) is 7.53. The zero-order chi connectivity index (χ0) is 15.6. The molecule has 0 aliphatic heterocycles. The van der Waals surface area contributed by atoms with Gasteiger partial charge in [-0.1, -0.05) is 13.8 Å². The van der Waals surface area contributed by atoms with Crippen LogP contribution in [0.25, 0.3) is 0 Å². The molecule has 116 valence electrons. The van der Waals surface area contributed by atoms with E-state index in [1.807, 2.05) is 0 Å². The van der Waals surface area contributed by atoms with Crippen LogP contribution in [0.4, 0.5) is 8.78 Å². The monoisotopic (exact) mass is 296 g/mol. The van der Waals surface area contributed by atoms with E-state index >= 15 is 0 Å². The molecule has 0 saturated heterocycles. The Morgan fingerprint density at radius 1 is 1.24 bits per heavy atom. The third-order valence-corrected chi connectivity index (χ3v) is 4.51. The lowest BCUT2D eigenvalue weighted by Gasteiger charge is -2.33. The molecule has 1 saturated carbocycles. The maximum absolute atomic E-state index is 13.6. The first-order valence-corrected chi connectivity index (χ1v) is 7.53. The van der Waals surface area contributed by atoms with Crippen LogP contribution in [0, 0.1) is 23.5 Å². The quantitative estimate of drug-likeness (QED) is 0.771. The topological polar surface area (TPSA) is 26.3 Å². The lowest BCUT2D eigenvalue weighted by Crippen LogP contribution is -2.33. The molecule has 1 aliphatic carbocycles. The van der Waals surface area contributed by atoms with Crippen molar-refractivity contribution >= 4 is 5.78 Å². The van der Waals surface area contributed by atoms with Gasteiger partial charge in [0.1, 0.15) is 17.7 Å². The molecular formula is C17H22F2O2. The fourth-order valence-electron chi connectivity index (χ4n) is 2.88. The maximum Gasteiger partial charge on any atom is 0.194 e. The SMILES string of the molecule is CC(OC1CCC(C)C(C)C1)C(=O)c1ccc(F)cc1F. The van der Waals surface area contributed by atoms with E-state index in [-0.39, 0.29) is 11.7 Å². The predicted molar refractivity (Wildman–Crippen MR) is 77.2 cm³/mol. The highest BCUT2D eigenvalue weighted by Gasteiger charge is 2.28. The van der Waals surface area contributed by atoms with Gasteiger partial charge >= 0.3 is 0 Å². The molecule has 0 spiro atoms. The fourth-order valence-corrected chi connectivity index (χ4v) is 2.88. The van der Waals surface area contributed by atoms with Crippen molar-refractivity contribution in [3.05, 3.63) is 35.4 Å². The molecule has 1 aliphatic rings. The summed E-state index contributed by atoms with van der Waals surface area (Å²) in [5.74, 6) is -0.716. The van der Waals surface area contributed by atoms with Gasteiger partial charge in [0.05, 0.1) is 11.7 Å². The number of rotatable bonds is 4. The second kappa shape index (κ2) is 6.65. The summed E-state index contributed by atoms with van der Waals surface area (Å²) in [5, 5.41) is 0. The number of Topliss-reactive ketones (excluding diaryl/α,β-unsaturated/α-hetero) is 1. The van der Waals surface area contributed by atoms with Crippen LogP contribution in [0.5, 0.6) is 0 Å². The number of carbonyl (C=O) groups is 1. The third-order valence-electron chi connectivity index (χ3n) is 4.51. The summed E-state index contributed by atoms with van der Waals surface area (Å²) in [6.45, 7) is 6.05. The second-order valence-electron chi connectivity index (χ2n) is 6.16. The highest BCUT2D eigenvalue weighted by atomic mass is 19.1. The number of benzene rings is 1. The van der Waals surface area contributed by atoms with Crippen LogP contribution in [0.1, 0.15) is 50.4 Å². The standard InChI is InChI=1S/C17H22F2O2/c1-10-4-6-14(8-11(10)2)21-12(3)17(20)15-7-5-13(18)9-16(15)19/h5,7,9-12,14H,4,6,8H2,1-3H3. The van der Waals surface area contributed by atoms with Crippen molar-refractivity contribution in [2.24, 2.45) is 11.8 Å². The van der Waals surface area contributed by atoms with Crippen LogP contribution in [0.3, 0.4) is 0 Å². The van der Waals surface area contributed by atoms with Crippen LogP contribution >= 0.6 is 0 Å². The summed E-state index contributed by atoms with van der Waals surface area (Å²) in [6.07, 6.45) is 2.26. The molecule has 0 bridgehead atoms. The maximum atomic E-state index is 13.6. The molecule has 0 radical (unpaired) electrons. The van der Waals surface area contributed by atoms with Crippen LogP contribution in [-0.2, 0) is 4.74 Å². The Labute approximate surface area is 124 Å². The number of carbonyl (C=O) groups excluding carboxylic acids is 1. The number of halogens is 2. The lowest BCUT2D eigenvalue weighted by molar-refractivity contribution is -0.0289. The summed E-state index contributed by atoms with van der Waals surface area (Å²) < 4.78 is 32.3. The molecule has 0 N–H and O–H groups in total. The zero-order valence-corrected chi connectivity index (χ0v) is 12.7. The Bertz CT molecular complexity index is 516. The van der Waals surface area contributed by atoms with E-state index < -0.39 is 23.5 Å².